The Morgan fingerprint density at radius 2 is 1.31 bits per heavy atom. The molecule has 2 nitrogen and oxygen atoms in total. The molecule has 138 valence electrons. The maximum atomic E-state index is 11.0. The van der Waals surface area contributed by atoms with Crippen LogP contribution in [-0.4, -0.2) is 6.29 Å². The molecule has 1 heterocycles. The Kier molecular flexibility index (Phi) is 4.30. The summed E-state index contributed by atoms with van der Waals surface area (Å²) < 4.78 is 6.46. The second-order valence-electron chi connectivity index (χ2n) is 6.91. The molecule has 0 amide bonds. The van der Waals surface area contributed by atoms with Crippen LogP contribution in [0.15, 0.2) is 101 Å². The Morgan fingerprint density at radius 1 is 0.690 bits per heavy atom. The first-order valence-corrected chi connectivity index (χ1v) is 9.58. The van der Waals surface area contributed by atoms with Crippen LogP contribution in [0.5, 0.6) is 0 Å². The van der Waals surface area contributed by atoms with Gasteiger partial charge in [0.1, 0.15) is 17.8 Å². The monoisotopic (exact) mass is 374 g/mol. The van der Waals surface area contributed by atoms with Crippen LogP contribution in [-0.2, 0) is 4.79 Å². The first-order valence-electron chi connectivity index (χ1n) is 9.58. The van der Waals surface area contributed by atoms with E-state index in [1.165, 1.54) is 6.08 Å². The van der Waals surface area contributed by atoms with Crippen LogP contribution < -0.4 is 0 Å². The zero-order valence-electron chi connectivity index (χ0n) is 15.7. The molecule has 0 aromatic heterocycles. The molecule has 29 heavy (non-hydrogen) atoms. The third-order valence-corrected chi connectivity index (χ3v) is 5.20. The van der Waals surface area contributed by atoms with Crippen molar-refractivity contribution >= 4 is 23.1 Å². The van der Waals surface area contributed by atoms with Crippen LogP contribution in [0.1, 0.15) is 5.56 Å². The molecule has 0 unspecified atom stereocenters. The van der Waals surface area contributed by atoms with E-state index in [1.807, 2.05) is 66.7 Å². The third-order valence-electron chi connectivity index (χ3n) is 5.20. The summed E-state index contributed by atoms with van der Waals surface area (Å²) >= 11 is 0. The highest BCUT2D eigenvalue weighted by Gasteiger charge is 2.24. The first kappa shape index (κ1) is 17.2. The van der Waals surface area contributed by atoms with Gasteiger partial charge in [-0.2, -0.15) is 0 Å². The van der Waals surface area contributed by atoms with Gasteiger partial charge in [0.05, 0.1) is 0 Å². The maximum absolute atomic E-state index is 11.0. The first-order chi connectivity index (χ1) is 14.4. The van der Waals surface area contributed by atoms with Crippen LogP contribution in [0.2, 0.25) is 0 Å². The third kappa shape index (κ3) is 2.95. The molecule has 2 heteroatoms. The lowest BCUT2D eigenvalue weighted by molar-refractivity contribution is -0.104. The second kappa shape index (κ2) is 7.25. The van der Waals surface area contributed by atoms with E-state index < -0.39 is 0 Å². The van der Waals surface area contributed by atoms with Crippen molar-refractivity contribution in [3.63, 3.8) is 0 Å². The highest BCUT2D eigenvalue weighted by molar-refractivity contribution is 6.13. The average Bonchev–Trinajstić information content (AvgIpc) is 3.12. The van der Waals surface area contributed by atoms with E-state index in [9.17, 15) is 4.79 Å². The summed E-state index contributed by atoms with van der Waals surface area (Å²) in [4.78, 5) is 11.0. The number of allylic oxidation sites excluding steroid dienone is 1. The lowest BCUT2D eigenvalue weighted by atomic mass is 9.96. The highest BCUT2D eigenvalue weighted by Crippen LogP contribution is 2.47. The molecule has 0 N–H and O–H groups in total. The molecule has 0 atom stereocenters. The Morgan fingerprint density at radius 3 is 2.00 bits per heavy atom. The SMILES string of the molecule is O=C/C=C/c1c2oc(-c3ccccc3)cc(-c3ccccc3)c-2c2ccccc12. The zero-order valence-corrected chi connectivity index (χ0v) is 15.7. The van der Waals surface area contributed by atoms with Crippen molar-refractivity contribution in [2.24, 2.45) is 0 Å². The summed E-state index contributed by atoms with van der Waals surface area (Å²) in [6.45, 7) is 0. The number of rotatable bonds is 4. The molecule has 3 aromatic carbocycles. The van der Waals surface area contributed by atoms with Crippen molar-refractivity contribution < 1.29 is 9.21 Å². The van der Waals surface area contributed by atoms with Crippen molar-refractivity contribution in [2.75, 3.05) is 0 Å². The molecule has 0 spiro atoms. The zero-order chi connectivity index (χ0) is 19.6. The lowest BCUT2D eigenvalue weighted by Crippen LogP contribution is -1.88. The van der Waals surface area contributed by atoms with Gasteiger partial charge in [-0.3, -0.25) is 4.79 Å². The van der Waals surface area contributed by atoms with Crippen molar-refractivity contribution in [2.45, 2.75) is 0 Å². The lowest BCUT2D eigenvalue weighted by Gasteiger charge is -2.13. The number of benzene rings is 3. The van der Waals surface area contributed by atoms with Crippen molar-refractivity contribution in [3.05, 3.63) is 103 Å². The van der Waals surface area contributed by atoms with E-state index in [4.69, 9.17) is 4.42 Å². The largest absolute Gasteiger partial charge is 0.455 e. The summed E-state index contributed by atoms with van der Waals surface area (Å²) in [5.41, 5.74) is 5.26. The fourth-order valence-electron chi connectivity index (χ4n) is 3.92. The van der Waals surface area contributed by atoms with Crippen LogP contribution in [0.4, 0.5) is 0 Å². The summed E-state index contributed by atoms with van der Waals surface area (Å²) in [7, 11) is 0. The van der Waals surface area contributed by atoms with Gasteiger partial charge in [-0.1, -0.05) is 84.9 Å². The fourth-order valence-corrected chi connectivity index (χ4v) is 3.92. The molecular weight excluding hydrogens is 356 g/mol. The Labute approximate surface area is 169 Å². The number of carbonyl (C=O) groups is 1. The predicted octanol–water partition coefficient (Wildman–Crippen LogP) is 7.08. The van der Waals surface area contributed by atoms with Gasteiger partial charge in [-0.05, 0) is 40.1 Å². The van der Waals surface area contributed by atoms with E-state index in [-0.39, 0.29) is 0 Å². The molecule has 0 saturated heterocycles. The average molecular weight is 374 g/mol. The van der Waals surface area contributed by atoms with Gasteiger partial charge < -0.3 is 4.42 Å². The summed E-state index contributed by atoms with van der Waals surface area (Å²) in [6.07, 6.45) is 4.16. The van der Waals surface area contributed by atoms with Crippen molar-refractivity contribution in [1.29, 1.82) is 0 Å². The van der Waals surface area contributed by atoms with E-state index in [1.54, 1.807) is 0 Å². The number of hydrogen-bond acceptors (Lipinski definition) is 2. The Balaban J connectivity index is 1.92. The molecule has 2 aliphatic rings. The van der Waals surface area contributed by atoms with E-state index in [0.717, 1.165) is 56.4 Å². The molecule has 1 aliphatic heterocycles. The molecule has 1 aliphatic carbocycles. The standard InChI is InChI=1S/C27H18O2/c28-17-9-16-23-21-14-7-8-15-22(21)26-24(19-10-3-1-4-11-19)18-25(29-27(23)26)20-12-5-2-6-13-20/h1-18H/b16-9+. The summed E-state index contributed by atoms with van der Waals surface area (Å²) in [5, 5.41) is 2.20. The van der Waals surface area contributed by atoms with Crippen LogP contribution >= 0.6 is 0 Å². The van der Waals surface area contributed by atoms with Gasteiger partial charge in [-0.15, -0.1) is 0 Å². The molecule has 5 rings (SSSR count). The maximum Gasteiger partial charge on any atom is 0.143 e. The minimum Gasteiger partial charge on any atom is -0.455 e. The number of aldehydes is 1. The summed E-state index contributed by atoms with van der Waals surface area (Å²) in [5.74, 6) is 1.59. The molecule has 0 bridgehead atoms. The second-order valence-corrected chi connectivity index (χ2v) is 6.91. The van der Waals surface area contributed by atoms with Gasteiger partial charge in [0, 0.05) is 16.7 Å². The minimum absolute atomic E-state index is 0.796. The molecule has 0 saturated carbocycles. The van der Waals surface area contributed by atoms with Crippen molar-refractivity contribution in [3.8, 4) is 33.8 Å². The van der Waals surface area contributed by atoms with E-state index in [2.05, 4.69) is 30.3 Å². The van der Waals surface area contributed by atoms with Crippen LogP contribution in [0.3, 0.4) is 0 Å². The van der Waals surface area contributed by atoms with E-state index in [0.29, 0.717) is 0 Å². The van der Waals surface area contributed by atoms with E-state index >= 15 is 0 Å². The Bertz CT molecular complexity index is 1290. The van der Waals surface area contributed by atoms with Crippen LogP contribution in [0.25, 0.3) is 50.6 Å². The number of hydrogen-bond donors (Lipinski definition) is 0. The smallest absolute Gasteiger partial charge is 0.143 e. The quantitative estimate of drug-likeness (QED) is 0.248. The van der Waals surface area contributed by atoms with Gasteiger partial charge in [-0.25, -0.2) is 0 Å². The van der Waals surface area contributed by atoms with Crippen molar-refractivity contribution in [1.82, 2.24) is 0 Å². The van der Waals surface area contributed by atoms with Gasteiger partial charge in [0.2, 0.25) is 0 Å². The highest BCUT2D eigenvalue weighted by atomic mass is 16.3. The Hall–Kier alpha value is -3.91. The molecule has 3 aromatic rings. The molecular formula is C27H18O2. The van der Waals surface area contributed by atoms with Gasteiger partial charge in [0.25, 0.3) is 0 Å². The minimum atomic E-state index is 0.796. The van der Waals surface area contributed by atoms with Gasteiger partial charge >= 0.3 is 0 Å². The molecule has 0 radical (unpaired) electrons. The molecule has 0 fully saturated rings. The fraction of sp³-hybridized carbons (Fsp3) is 0. The topological polar surface area (TPSA) is 30.2 Å². The predicted molar refractivity (Wildman–Crippen MR) is 119 cm³/mol. The number of fused-ring (bicyclic) bond motifs is 3. The number of carbonyl (C=O) groups excluding carboxylic acids is 1. The van der Waals surface area contributed by atoms with Crippen LogP contribution in [0, 0.1) is 0 Å². The summed E-state index contributed by atoms with van der Waals surface area (Å²) in [6, 6.07) is 30.8. The van der Waals surface area contributed by atoms with Gasteiger partial charge in [0.15, 0.2) is 0 Å². The normalized spacial score (nSPS) is 11.4.